The topological polar surface area (TPSA) is 62.7 Å². The van der Waals surface area contributed by atoms with Gasteiger partial charge in [-0.1, -0.05) is 0 Å². The minimum absolute atomic E-state index is 0.0105. The highest BCUT2D eigenvalue weighted by Crippen LogP contribution is 2.23. The molecular formula is C8H7F2N3. The predicted molar refractivity (Wildman–Crippen MR) is 41.8 cm³/mol. The van der Waals surface area contributed by atoms with Crippen molar-refractivity contribution in [2.45, 2.75) is 13.0 Å². The summed E-state index contributed by atoms with van der Waals surface area (Å²) in [5.74, 6) is 0. The highest BCUT2D eigenvalue weighted by molar-refractivity contribution is 5.41. The first-order valence-corrected chi connectivity index (χ1v) is 3.56. The smallest absolute Gasteiger partial charge is 0.265 e. The van der Waals surface area contributed by atoms with Gasteiger partial charge in [-0.15, -0.1) is 0 Å². The molecule has 0 amide bonds. The Morgan fingerprint density at radius 3 is 2.77 bits per heavy atom. The van der Waals surface area contributed by atoms with Gasteiger partial charge < -0.3 is 5.73 Å². The van der Waals surface area contributed by atoms with E-state index < -0.39 is 6.43 Å². The van der Waals surface area contributed by atoms with Gasteiger partial charge >= 0.3 is 0 Å². The highest BCUT2D eigenvalue weighted by atomic mass is 19.3. The van der Waals surface area contributed by atoms with E-state index in [1.54, 1.807) is 6.07 Å². The van der Waals surface area contributed by atoms with E-state index in [-0.39, 0.29) is 23.4 Å². The van der Waals surface area contributed by atoms with Crippen LogP contribution in [0, 0.1) is 11.3 Å². The Labute approximate surface area is 73.8 Å². The van der Waals surface area contributed by atoms with Crippen molar-refractivity contribution in [1.29, 1.82) is 5.26 Å². The summed E-state index contributed by atoms with van der Waals surface area (Å²) in [4.78, 5) is 3.73. The molecule has 0 aromatic carbocycles. The van der Waals surface area contributed by atoms with Gasteiger partial charge in [-0.25, -0.2) is 8.78 Å². The van der Waals surface area contributed by atoms with Crippen LogP contribution in [0.1, 0.15) is 23.2 Å². The summed E-state index contributed by atoms with van der Waals surface area (Å²) in [6, 6.07) is 2.80. The fraction of sp³-hybridized carbons (Fsp3) is 0.250. The zero-order valence-corrected chi connectivity index (χ0v) is 6.67. The van der Waals surface area contributed by atoms with Crippen LogP contribution < -0.4 is 5.73 Å². The second-order valence-electron chi connectivity index (χ2n) is 2.34. The molecule has 0 radical (unpaired) electrons. The molecule has 0 aliphatic rings. The molecule has 2 N–H and O–H groups in total. The third kappa shape index (κ3) is 1.79. The maximum Gasteiger partial charge on any atom is 0.265 e. The molecule has 0 aliphatic heterocycles. The van der Waals surface area contributed by atoms with Crippen molar-refractivity contribution in [2.75, 3.05) is 0 Å². The maximum atomic E-state index is 12.3. The van der Waals surface area contributed by atoms with Gasteiger partial charge in [-0.05, 0) is 6.07 Å². The van der Waals surface area contributed by atoms with Crippen LogP contribution in [-0.2, 0) is 6.54 Å². The first-order valence-electron chi connectivity index (χ1n) is 3.56. The van der Waals surface area contributed by atoms with Crippen LogP contribution in [0.4, 0.5) is 8.78 Å². The molecule has 13 heavy (non-hydrogen) atoms. The lowest BCUT2D eigenvalue weighted by Crippen LogP contribution is -2.05. The van der Waals surface area contributed by atoms with E-state index in [4.69, 9.17) is 11.0 Å². The summed E-state index contributed by atoms with van der Waals surface area (Å²) in [5, 5.41) is 8.60. The van der Waals surface area contributed by atoms with Gasteiger partial charge in [0.15, 0.2) is 0 Å². The fourth-order valence-electron chi connectivity index (χ4n) is 0.988. The first kappa shape index (κ1) is 9.55. The van der Waals surface area contributed by atoms with Gasteiger partial charge in [0, 0.05) is 18.3 Å². The largest absolute Gasteiger partial charge is 0.325 e. The van der Waals surface area contributed by atoms with Gasteiger partial charge in [0.1, 0.15) is 6.07 Å². The van der Waals surface area contributed by atoms with Crippen LogP contribution in [0.2, 0.25) is 0 Å². The standard InChI is InChI=1S/C8H7F2N3/c9-8(10)5-1-2-13-7(4-12)6(5)3-11/h1-2,8H,4,12H2. The maximum absolute atomic E-state index is 12.3. The monoisotopic (exact) mass is 183 g/mol. The van der Waals surface area contributed by atoms with E-state index in [0.29, 0.717) is 0 Å². The fourth-order valence-corrected chi connectivity index (χ4v) is 0.988. The van der Waals surface area contributed by atoms with Gasteiger partial charge in [0.2, 0.25) is 0 Å². The predicted octanol–water partition coefficient (Wildman–Crippen LogP) is 1.35. The summed E-state index contributed by atoms with van der Waals surface area (Å²) >= 11 is 0. The van der Waals surface area contributed by atoms with Crippen LogP contribution in [0.25, 0.3) is 0 Å². The zero-order valence-electron chi connectivity index (χ0n) is 6.67. The van der Waals surface area contributed by atoms with Crippen LogP contribution in [0.3, 0.4) is 0 Å². The number of nitriles is 1. The number of rotatable bonds is 2. The quantitative estimate of drug-likeness (QED) is 0.752. The van der Waals surface area contributed by atoms with Gasteiger partial charge in [-0.2, -0.15) is 5.26 Å². The number of nitrogens with zero attached hydrogens (tertiary/aromatic N) is 2. The molecule has 5 heteroatoms. The number of alkyl halides is 2. The Bertz CT molecular complexity index is 344. The van der Waals surface area contributed by atoms with Crippen LogP contribution in [0.5, 0.6) is 0 Å². The number of pyridine rings is 1. The normalized spacial score (nSPS) is 10.1. The number of halogens is 2. The molecule has 0 fully saturated rings. The minimum Gasteiger partial charge on any atom is -0.325 e. The summed E-state index contributed by atoms with van der Waals surface area (Å²) in [7, 11) is 0. The Hall–Kier alpha value is -1.54. The van der Waals surface area contributed by atoms with Crippen molar-refractivity contribution in [3.8, 4) is 6.07 Å². The van der Waals surface area contributed by atoms with E-state index in [1.807, 2.05) is 0 Å². The number of hydrogen-bond donors (Lipinski definition) is 1. The number of hydrogen-bond acceptors (Lipinski definition) is 3. The summed E-state index contributed by atoms with van der Waals surface area (Å²) in [5.41, 5.74) is 5.03. The number of nitrogens with two attached hydrogens (primary N) is 1. The molecule has 1 aromatic heterocycles. The Balaban J connectivity index is 3.29. The van der Waals surface area contributed by atoms with Crippen LogP contribution in [-0.4, -0.2) is 4.98 Å². The Kier molecular flexibility index (Phi) is 2.88. The average molecular weight is 183 g/mol. The average Bonchev–Trinajstić information content (AvgIpc) is 2.16. The Morgan fingerprint density at radius 1 is 1.62 bits per heavy atom. The summed E-state index contributed by atoms with van der Waals surface area (Å²) in [6.45, 7) is -0.0105. The molecular weight excluding hydrogens is 176 g/mol. The molecule has 0 unspecified atom stereocenters. The van der Waals surface area contributed by atoms with Crippen molar-refractivity contribution in [1.82, 2.24) is 4.98 Å². The summed E-state index contributed by atoms with van der Waals surface area (Å²) in [6.07, 6.45) is -1.44. The minimum atomic E-state index is -2.66. The van der Waals surface area contributed by atoms with E-state index >= 15 is 0 Å². The molecule has 0 saturated carbocycles. The molecule has 0 spiro atoms. The SMILES string of the molecule is N#Cc1c(C(F)F)ccnc1CN. The molecule has 0 atom stereocenters. The number of aromatic nitrogens is 1. The molecule has 1 rings (SSSR count). The van der Waals surface area contributed by atoms with E-state index in [2.05, 4.69) is 4.98 Å². The lowest BCUT2D eigenvalue weighted by molar-refractivity contribution is 0.151. The molecule has 3 nitrogen and oxygen atoms in total. The van der Waals surface area contributed by atoms with Gasteiger partial charge in [-0.3, -0.25) is 4.98 Å². The molecule has 1 aromatic rings. The zero-order chi connectivity index (χ0) is 9.84. The lowest BCUT2D eigenvalue weighted by atomic mass is 10.1. The summed E-state index contributed by atoms with van der Waals surface area (Å²) < 4.78 is 24.6. The van der Waals surface area contributed by atoms with E-state index in [1.165, 1.54) is 6.20 Å². The lowest BCUT2D eigenvalue weighted by Gasteiger charge is -2.04. The highest BCUT2D eigenvalue weighted by Gasteiger charge is 2.15. The third-order valence-electron chi connectivity index (χ3n) is 1.60. The molecule has 0 aliphatic carbocycles. The van der Waals surface area contributed by atoms with Crippen molar-refractivity contribution in [2.24, 2.45) is 5.73 Å². The second-order valence-corrected chi connectivity index (χ2v) is 2.34. The van der Waals surface area contributed by atoms with Gasteiger partial charge in [0.25, 0.3) is 6.43 Å². The van der Waals surface area contributed by atoms with Crippen molar-refractivity contribution < 1.29 is 8.78 Å². The molecule has 0 bridgehead atoms. The van der Waals surface area contributed by atoms with E-state index in [0.717, 1.165) is 6.07 Å². The molecule has 1 heterocycles. The second kappa shape index (κ2) is 3.92. The molecule has 68 valence electrons. The van der Waals surface area contributed by atoms with Crippen LogP contribution in [0.15, 0.2) is 12.3 Å². The van der Waals surface area contributed by atoms with E-state index in [9.17, 15) is 8.78 Å². The van der Waals surface area contributed by atoms with Crippen molar-refractivity contribution >= 4 is 0 Å². The van der Waals surface area contributed by atoms with Gasteiger partial charge in [0.05, 0.1) is 11.3 Å². The first-order chi connectivity index (χ1) is 6.20. The molecule has 0 saturated heterocycles. The Morgan fingerprint density at radius 2 is 2.31 bits per heavy atom. The van der Waals surface area contributed by atoms with Crippen molar-refractivity contribution in [3.63, 3.8) is 0 Å². The van der Waals surface area contributed by atoms with Crippen molar-refractivity contribution in [3.05, 3.63) is 29.1 Å². The third-order valence-corrected chi connectivity index (χ3v) is 1.60. The van der Waals surface area contributed by atoms with Crippen LogP contribution >= 0.6 is 0 Å².